The summed E-state index contributed by atoms with van der Waals surface area (Å²) in [7, 11) is 0. The van der Waals surface area contributed by atoms with E-state index in [1.807, 2.05) is 13.8 Å². The molecule has 0 radical (unpaired) electrons. The molecule has 0 aromatic carbocycles. The number of hydrogen-bond donors (Lipinski definition) is 1. The van der Waals surface area contributed by atoms with Gasteiger partial charge < -0.3 is 0 Å². The average molecular weight is 326 g/mol. The van der Waals surface area contributed by atoms with Gasteiger partial charge in [0.25, 0.3) is 5.91 Å². The molecule has 1 N–H and O–H groups in total. The van der Waals surface area contributed by atoms with Crippen LogP contribution in [0.1, 0.15) is 28.0 Å². The van der Waals surface area contributed by atoms with Crippen molar-refractivity contribution in [3.05, 3.63) is 39.1 Å². The van der Waals surface area contributed by atoms with Gasteiger partial charge in [-0.25, -0.2) is 9.97 Å². The number of thiazole rings is 1. The van der Waals surface area contributed by atoms with Crippen LogP contribution >= 0.6 is 27.3 Å². The minimum absolute atomic E-state index is 0.237. The number of amides is 1. The van der Waals surface area contributed by atoms with Gasteiger partial charge in [0.1, 0.15) is 5.69 Å². The molecule has 0 unspecified atom stereocenters. The number of halogens is 1. The Hall–Kier alpha value is -1.27. The van der Waals surface area contributed by atoms with E-state index in [4.69, 9.17) is 0 Å². The number of nitrogens with one attached hydrogen (secondary N) is 1. The van der Waals surface area contributed by atoms with Gasteiger partial charge in [-0.3, -0.25) is 10.1 Å². The maximum absolute atomic E-state index is 11.9. The van der Waals surface area contributed by atoms with E-state index in [0.29, 0.717) is 10.8 Å². The van der Waals surface area contributed by atoms with Gasteiger partial charge in [-0.15, -0.1) is 11.3 Å². The quantitative estimate of drug-likeness (QED) is 0.940. The van der Waals surface area contributed by atoms with Crippen LogP contribution in [0, 0.1) is 6.92 Å². The summed E-state index contributed by atoms with van der Waals surface area (Å²) in [4.78, 5) is 21.5. The van der Waals surface area contributed by atoms with Gasteiger partial charge in [-0.05, 0) is 41.4 Å². The molecule has 94 valence electrons. The van der Waals surface area contributed by atoms with Crippen LogP contribution in [0.2, 0.25) is 0 Å². The van der Waals surface area contributed by atoms with E-state index in [1.165, 1.54) is 11.3 Å². The number of carbonyl (C=O) groups excluding carboxylic acids is 1. The molecule has 1 amide bonds. The summed E-state index contributed by atoms with van der Waals surface area (Å²) in [5, 5.41) is 3.39. The maximum Gasteiger partial charge on any atom is 0.276 e. The van der Waals surface area contributed by atoms with Gasteiger partial charge in [0.2, 0.25) is 0 Å². The zero-order chi connectivity index (χ0) is 13.1. The smallest absolute Gasteiger partial charge is 0.276 e. The van der Waals surface area contributed by atoms with Crippen LogP contribution in [0.15, 0.2) is 22.8 Å². The second kappa shape index (κ2) is 5.58. The summed E-state index contributed by atoms with van der Waals surface area (Å²) < 4.78 is 0.845. The van der Waals surface area contributed by atoms with Crippen LogP contribution in [0.25, 0.3) is 0 Å². The Labute approximate surface area is 118 Å². The highest BCUT2D eigenvalue weighted by atomic mass is 79.9. The third-order valence-corrected chi connectivity index (χ3v) is 3.81. The lowest BCUT2D eigenvalue weighted by Gasteiger charge is -2.00. The molecule has 0 saturated carbocycles. The third kappa shape index (κ3) is 2.94. The number of nitrogens with zero attached hydrogens (tertiary/aromatic N) is 2. The topological polar surface area (TPSA) is 54.9 Å². The SMILES string of the molecule is CCc1nc(NC(=O)c2ccc(Br)cn2)sc1C. The molecule has 2 aromatic rings. The van der Waals surface area contributed by atoms with E-state index in [0.717, 1.165) is 21.5 Å². The molecule has 0 spiro atoms. The number of aryl methyl sites for hydroxylation is 2. The van der Waals surface area contributed by atoms with Crippen molar-refractivity contribution in [1.29, 1.82) is 0 Å². The van der Waals surface area contributed by atoms with E-state index >= 15 is 0 Å². The average Bonchev–Trinajstić information content (AvgIpc) is 2.70. The molecule has 6 heteroatoms. The van der Waals surface area contributed by atoms with Crippen molar-refractivity contribution >= 4 is 38.3 Å². The molecule has 2 rings (SSSR count). The van der Waals surface area contributed by atoms with Gasteiger partial charge in [-0.2, -0.15) is 0 Å². The van der Waals surface area contributed by atoms with E-state index < -0.39 is 0 Å². The molecule has 0 aliphatic carbocycles. The zero-order valence-electron chi connectivity index (χ0n) is 10.0. The van der Waals surface area contributed by atoms with Crippen molar-refractivity contribution in [2.24, 2.45) is 0 Å². The minimum Gasteiger partial charge on any atom is -0.296 e. The molecular formula is C12H12BrN3OS. The first-order valence-electron chi connectivity index (χ1n) is 5.49. The van der Waals surface area contributed by atoms with Crippen molar-refractivity contribution in [2.75, 3.05) is 5.32 Å². The number of anilines is 1. The lowest BCUT2D eigenvalue weighted by Crippen LogP contribution is -2.13. The summed E-state index contributed by atoms with van der Waals surface area (Å²) in [5.74, 6) is -0.237. The van der Waals surface area contributed by atoms with Crippen LogP contribution in [0.4, 0.5) is 5.13 Å². The van der Waals surface area contributed by atoms with Crippen molar-refractivity contribution in [2.45, 2.75) is 20.3 Å². The van der Waals surface area contributed by atoms with Crippen molar-refractivity contribution in [3.63, 3.8) is 0 Å². The normalized spacial score (nSPS) is 10.4. The Morgan fingerprint density at radius 3 is 2.83 bits per heavy atom. The first-order valence-corrected chi connectivity index (χ1v) is 7.10. The first-order chi connectivity index (χ1) is 8.60. The van der Waals surface area contributed by atoms with E-state index in [1.54, 1.807) is 18.3 Å². The minimum atomic E-state index is -0.237. The maximum atomic E-state index is 11.9. The Balaban J connectivity index is 2.13. The molecular weight excluding hydrogens is 314 g/mol. The standard InChI is InChI=1S/C12H12BrN3OS/c1-3-9-7(2)18-12(15-9)16-11(17)10-5-4-8(13)6-14-10/h4-6H,3H2,1-2H3,(H,15,16,17). The molecule has 2 heterocycles. The fourth-order valence-electron chi connectivity index (χ4n) is 1.48. The van der Waals surface area contributed by atoms with Gasteiger partial charge in [0, 0.05) is 15.5 Å². The summed E-state index contributed by atoms with van der Waals surface area (Å²) in [6.45, 7) is 4.05. The first kappa shape index (κ1) is 13.2. The predicted molar refractivity (Wildman–Crippen MR) is 76.1 cm³/mol. The lowest BCUT2D eigenvalue weighted by molar-refractivity contribution is 0.102. The molecule has 4 nitrogen and oxygen atoms in total. The van der Waals surface area contributed by atoms with Crippen LogP contribution in [0.5, 0.6) is 0 Å². The molecule has 0 saturated heterocycles. The third-order valence-electron chi connectivity index (χ3n) is 2.41. The van der Waals surface area contributed by atoms with Gasteiger partial charge in [-0.1, -0.05) is 6.92 Å². The second-order valence-electron chi connectivity index (χ2n) is 3.69. The van der Waals surface area contributed by atoms with Gasteiger partial charge >= 0.3 is 0 Å². The fraction of sp³-hybridized carbons (Fsp3) is 0.250. The fourth-order valence-corrected chi connectivity index (χ4v) is 2.61. The van der Waals surface area contributed by atoms with Crippen LogP contribution < -0.4 is 5.32 Å². The van der Waals surface area contributed by atoms with Gasteiger partial charge in [0.15, 0.2) is 5.13 Å². The second-order valence-corrected chi connectivity index (χ2v) is 5.81. The molecule has 2 aromatic heterocycles. The molecule has 0 bridgehead atoms. The molecule has 0 aliphatic heterocycles. The molecule has 0 aliphatic rings. The molecule has 18 heavy (non-hydrogen) atoms. The van der Waals surface area contributed by atoms with E-state index in [-0.39, 0.29) is 5.91 Å². The monoisotopic (exact) mass is 325 g/mol. The van der Waals surface area contributed by atoms with E-state index in [2.05, 4.69) is 31.2 Å². The van der Waals surface area contributed by atoms with Crippen LogP contribution in [0.3, 0.4) is 0 Å². The summed E-state index contributed by atoms with van der Waals surface area (Å²) in [5.41, 5.74) is 1.41. The molecule has 0 fully saturated rings. The van der Waals surface area contributed by atoms with Crippen molar-refractivity contribution < 1.29 is 4.79 Å². The number of pyridine rings is 1. The summed E-state index contributed by atoms with van der Waals surface area (Å²) in [6, 6.07) is 3.45. The summed E-state index contributed by atoms with van der Waals surface area (Å²) >= 11 is 4.76. The highest BCUT2D eigenvalue weighted by molar-refractivity contribution is 9.10. The molecule has 0 atom stereocenters. The highest BCUT2D eigenvalue weighted by Crippen LogP contribution is 2.22. The number of rotatable bonds is 3. The van der Waals surface area contributed by atoms with Crippen LogP contribution in [-0.2, 0) is 6.42 Å². The van der Waals surface area contributed by atoms with Crippen molar-refractivity contribution in [1.82, 2.24) is 9.97 Å². The summed E-state index contributed by atoms with van der Waals surface area (Å²) in [6.07, 6.45) is 2.47. The van der Waals surface area contributed by atoms with E-state index in [9.17, 15) is 4.79 Å². The Morgan fingerprint density at radius 1 is 1.50 bits per heavy atom. The Kier molecular flexibility index (Phi) is 4.08. The Bertz CT molecular complexity index is 565. The highest BCUT2D eigenvalue weighted by Gasteiger charge is 2.11. The lowest BCUT2D eigenvalue weighted by atomic mass is 10.3. The van der Waals surface area contributed by atoms with Crippen LogP contribution in [-0.4, -0.2) is 15.9 Å². The number of carbonyl (C=O) groups is 1. The predicted octanol–water partition coefficient (Wildman–Crippen LogP) is 3.42. The zero-order valence-corrected chi connectivity index (χ0v) is 12.4. The largest absolute Gasteiger partial charge is 0.296 e. The Morgan fingerprint density at radius 2 is 2.28 bits per heavy atom. The number of aromatic nitrogens is 2. The van der Waals surface area contributed by atoms with Gasteiger partial charge in [0.05, 0.1) is 5.69 Å². The van der Waals surface area contributed by atoms with Crippen molar-refractivity contribution in [3.8, 4) is 0 Å². The number of hydrogen-bond acceptors (Lipinski definition) is 4.